The first kappa shape index (κ1) is 27.5. The molecule has 39 heavy (non-hydrogen) atoms. The van der Waals surface area contributed by atoms with Crippen molar-refractivity contribution in [3.8, 4) is 0 Å². The van der Waals surface area contributed by atoms with E-state index < -0.39 is 17.0 Å². The summed E-state index contributed by atoms with van der Waals surface area (Å²) in [4.78, 5) is 3.47. The SMILES string of the molecule is CSc1ccc(S(=O)(=O)c2ccc(Sc3ccc(P(=O)(c4ccccc4)c4ccc(C)cc4)cc3)cc2)cc1. The van der Waals surface area contributed by atoms with E-state index in [1.807, 2.05) is 116 Å². The molecule has 1 atom stereocenters. The molecule has 0 aliphatic carbocycles. The standard InChI is InChI=1S/C32H27O3PS3/c1-24-8-10-26(11-9-24)36(33,25-6-4-3-5-7-25)27-12-14-29(15-13-27)38-30-18-22-32(23-19-30)39(34,35)31-20-16-28(37-2)17-21-31/h3-23H,1-2H3. The molecule has 0 radical (unpaired) electrons. The maximum atomic E-state index is 14.6. The summed E-state index contributed by atoms with van der Waals surface area (Å²) in [6.45, 7) is 2.02. The van der Waals surface area contributed by atoms with Crippen LogP contribution in [0.3, 0.4) is 0 Å². The van der Waals surface area contributed by atoms with E-state index in [-0.39, 0.29) is 9.79 Å². The number of rotatable bonds is 8. The van der Waals surface area contributed by atoms with Gasteiger partial charge in [-0.05, 0) is 86.0 Å². The molecule has 0 saturated carbocycles. The van der Waals surface area contributed by atoms with Gasteiger partial charge in [-0.25, -0.2) is 8.42 Å². The molecule has 0 spiro atoms. The van der Waals surface area contributed by atoms with Crippen molar-refractivity contribution in [3.05, 3.63) is 133 Å². The highest BCUT2D eigenvalue weighted by Crippen LogP contribution is 2.43. The fraction of sp³-hybridized carbons (Fsp3) is 0.0625. The molecule has 5 aromatic rings. The van der Waals surface area contributed by atoms with E-state index in [2.05, 4.69) is 0 Å². The first-order valence-electron chi connectivity index (χ1n) is 12.3. The summed E-state index contributed by atoms with van der Waals surface area (Å²) in [5.41, 5.74) is 1.12. The van der Waals surface area contributed by atoms with Crippen LogP contribution in [-0.2, 0) is 14.4 Å². The van der Waals surface area contributed by atoms with Gasteiger partial charge in [-0.15, -0.1) is 11.8 Å². The first-order valence-corrected chi connectivity index (χ1v) is 17.5. The topological polar surface area (TPSA) is 51.2 Å². The van der Waals surface area contributed by atoms with Gasteiger partial charge in [-0.1, -0.05) is 71.9 Å². The van der Waals surface area contributed by atoms with Gasteiger partial charge < -0.3 is 4.57 Å². The van der Waals surface area contributed by atoms with Crippen LogP contribution in [0.2, 0.25) is 0 Å². The molecule has 0 bridgehead atoms. The van der Waals surface area contributed by atoms with E-state index >= 15 is 0 Å². The maximum Gasteiger partial charge on any atom is 0.206 e. The molecular weight excluding hydrogens is 560 g/mol. The first-order chi connectivity index (χ1) is 18.8. The van der Waals surface area contributed by atoms with Crippen molar-refractivity contribution >= 4 is 56.4 Å². The van der Waals surface area contributed by atoms with Crippen LogP contribution in [0.4, 0.5) is 0 Å². The van der Waals surface area contributed by atoms with Crippen LogP contribution < -0.4 is 15.9 Å². The zero-order chi connectivity index (χ0) is 27.5. The summed E-state index contributed by atoms with van der Waals surface area (Å²) >= 11 is 3.11. The van der Waals surface area contributed by atoms with Crippen molar-refractivity contribution in [1.82, 2.24) is 0 Å². The highest BCUT2D eigenvalue weighted by Gasteiger charge is 2.29. The van der Waals surface area contributed by atoms with Crippen LogP contribution in [-0.4, -0.2) is 14.7 Å². The van der Waals surface area contributed by atoms with E-state index in [4.69, 9.17) is 0 Å². The van der Waals surface area contributed by atoms with Crippen LogP contribution in [0, 0.1) is 6.92 Å². The molecule has 0 amide bonds. The molecule has 0 fully saturated rings. The third kappa shape index (κ3) is 5.80. The molecule has 3 nitrogen and oxygen atoms in total. The molecule has 5 aromatic carbocycles. The molecule has 5 rings (SSSR count). The Morgan fingerprint density at radius 1 is 0.538 bits per heavy atom. The number of hydrogen-bond donors (Lipinski definition) is 0. The molecule has 1 unspecified atom stereocenters. The van der Waals surface area contributed by atoms with Gasteiger partial charge in [0.1, 0.15) is 0 Å². The fourth-order valence-electron chi connectivity index (χ4n) is 4.28. The second kappa shape index (κ2) is 11.6. The van der Waals surface area contributed by atoms with Gasteiger partial charge >= 0.3 is 0 Å². The van der Waals surface area contributed by atoms with Crippen molar-refractivity contribution in [2.45, 2.75) is 31.4 Å². The van der Waals surface area contributed by atoms with Crippen LogP contribution in [0.15, 0.2) is 152 Å². The number of aryl methyl sites for hydroxylation is 1. The van der Waals surface area contributed by atoms with Gasteiger partial charge in [0, 0.05) is 30.6 Å². The van der Waals surface area contributed by atoms with Gasteiger partial charge in [0.15, 0.2) is 7.14 Å². The normalized spacial score (nSPS) is 13.1. The Morgan fingerprint density at radius 3 is 1.44 bits per heavy atom. The fourth-order valence-corrected chi connectivity index (χ4v) is 9.39. The Balaban J connectivity index is 1.39. The van der Waals surface area contributed by atoms with Crippen molar-refractivity contribution in [3.63, 3.8) is 0 Å². The maximum absolute atomic E-state index is 14.6. The van der Waals surface area contributed by atoms with Crippen LogP contribution in [0.25, 0.3) is 0 Å². The second-order valence-electron chi connectivity index (χ2n) is 9.03. The Kier molecular flexibility index (Phi) is 8.20. The van der Waals surface area contributed by atoms with E-state index in [1.165, 1.54) is 11.8 Å². The van der Waals surface area contributed by atoms with Crippen LogP contribution in [0.1, 0.15) is 5.56 Å². The van der Waals surface area contributed by atoms with Crippen molar-refractivity contribution in [2.75, 3.05) is 6.26 Å². The molecule has 0 heterocycles. The second-order valence-corrected chi connectivity index (χ2v) is 15.8. The lowest BCUT2D eigenvalue weighted by molar-refractivity contribution is 0.592. The summed E-state index contributed by atoms with van der Waals surface area (Å²) in [5, 5.41) is 2.38. The molecule has 0 aliphatic rings. The summed E-state index contributed by atoms with van der Waals surface area (Å²) < 4.78 is 40.7. The van der Waals surface area contributed by atoms with Gasteiger partial charge in [0.25, 0.3) is 0 Å². The van der Waals surface area contributed by atoms with Gasteiger partial charge in [0.2, 0.25) is 9.84 Å². The highest BCUT2D eigenvalue weighted by molar-refractivity contribution is 7.99. The monoisotopic (exact) mass is 586 g/mol. The minimum absolute atomic E-state index is 0.265. The Hall–Kier alpha value is -3.02. The van der Waals surface area contributed by atoms with Crippen molar-refractivity contribution in [2.24, 2.45) is 0 Å². The minimum Gasteiger partial charge on any atom is -0.309 e. The Labute approximate surface area is 239 Å². The van der Waals surface area contributed by atoms with E-state index in [0.29, 0.717) is 0 Å². The smallest absolute Gasteiger partial charge is 0.206 e. The molecular formula is C32H27O3PS3. The lowest BCUT2D eigenvalue weighted by atomic mass is 10.2. The van der Waals surface area contributed by atoms with Gasteiger partial charge in [0.05, 0.1) is 9.79 Å². The quantitative estimate of drug-likeness (QED) is 0.141. The summed E-state index contributed by atoms with van der Waals surface area (Å²) in [6.07, 6.45) is 1.96. The summed E-state index contributed by atoms with van der Waals surface area (Å²) in [6, 6.07) is 39.2. The van der Waals surface area contributed by atoms with E-state index in [9.17, 15) is 13.0 Å². The van der Waals surface area contributed by atoms with Crippen molar-refractivity contribution < 1.29 is 13.0 Å². The van der Waals surface area contributed by atoms with Gasteiger partial charge in [-0.3, -0.25) is 0 Å². The molecule has 0 N–H and O–H groups in total. The largest absolute Gasteiger partial charge is 0.309 e. The zero-order valence-electron chi connectivity index (χ0n) is 21.5. The number of sulfone groups is 1. The third-order valence-corrected chi connectivity index (χ3v) is 13.1. The average Bonchev–Trinajstić information content (AvgIpc) is 2.98. The molecule has 0 aromatic heterocycles. The highest BCUT2D eigenvalue weighted by atomic mass is 32.2. The molecule has 0 saturated heterocycles. The lowest BCUT2D eigenvalue weighted by Gasteiger charge is -2.20. The predicted molar refractivity (Wildman–Crippen MR) is 165 cm³/mol. The molecule has 0 aliphatic heterocycles. The van der Waals surface area contributed by atoms with Crippen LogP contribution in [0.5, 0.6) is 0 Å². The average molecular weight is 587 g/mol. The van der Waals surface area contributed by atoms with E-state index in [1.54, 1.807) is 36.0 Å². The number of benzene rings is 5. The minimum atomic E-state index is -3.58. The number of hydrogen-bond acceptors (Lipinski definition) is 5. The Bertz CT molecular complexity index is 1710. The summed E-state index contributed by atoms with van der Waals surface area (Å²) in [5.74, 6) is 0. The van der Waals surface area contributed by atoms with E-state index in [0.717, 1.165) is 36.2 Å². The predicted octanol–water partition coefficient (Wildman–Crippen LogP) is 7.34. The molecule has 196 valence electrons. The lowest BCUT2D eigenvalue weighted by Crippen LogP contribution is -2.24. The Morgan fingerprint density at radius 2 is 0.949 bits per heavy atom. The third-order valence-electron chi connectivity index (χ3n) is 6.46. The zero-order valence-corrected chi connectivity index (χ0v) is 24.9. The van der Waals surface area contributed by atoms with Crippen molar-refractivity contribution in [1.29, 1.82) is 0 Å². The molecule has 7 heteroatoms. The van der Waals surface area contributed by atoms with Crippen LogP contribution >= 0.6 is 30.7 Å². The van der Waals surface area contributed by atoms with Gasteiger partial charge in [-0.2, -0.15) is 0 Å². The summed E-state index contributed by atoms with van der Waals surface area (Å²) in [7, 11) is -6.62. The number of thioether (sulfide) groups is 1.